The summed E-state index contributed by atoms with van der Waals surface area (Å²) in [5, 5.41) is 0. The smallest absolute Gasteiger partial charge is 0.416 e. The molecule has 0 unspecified atom stereocenters. The number of ether oxygens (including phenoxy) is 2. The molecular weight excluding hydrogens is 498 g/mol. The van der Waals surface area contributed by atoms with E-state index < -0.39 is 29.3 Å². The average molecular weight is 530 g/mol. The standard InChI is InChI=1S/C25H31F4N3O5/c1-24(2,3)37-23(35)32-11-18(33)8-16-10-30(7-6-21(16)32)22(34)31-12-19(13-31)36-14-15-4-5-17(9-20(15)26)25(27,28)29/h4-5,9,16,19,21H,6-8,10-14H2,1-3H3/t16-,21+/m1/s1. The van der Waals surface area contributed by atoms with E-state index in [4.69, 9.17) is 9.47 Å². The maximum Gasteiger partial charge on any atom is 0.416 e. The van der Waals surface area contributed by atoms with Crippen LogP contribution >= 0.6 is 0 Å². The Morgan fingerprint density at radius 2 is 1.78 bits per heavy atom. The van der Waals surface area contributed by atoms with E-state index in [1.807, 2.05) is 0 Å². The molecule has 0 bridgehead atoms. The van der Waals surface area contributed by atoms with Gasteiger partial charge < -0.3 is 19.3 Å². The molecule has 0 aliphatic carbocycles. The number of halogens is 4. The number of amides is 3. The van der Waals surface area contributed by atoms with Crippen LogP contribution in [0.15, 0.2) is 18.2 Å². The van der Waals surface area contributed by atoms with Gasteiger partial charge in [-0.3, -0.25) is 9.69 Å². The molecule has 1 aromatic rings. The minimum atomic E-state index is -4.62. The number of nitrogens with zero attached hydrogens (tertiary/aromatic N) is 3. The third-order valence-corrected chi connectivity index (χ3v) is 6.80. The molecule has 2 atom stereocenters. The fourth-order valence-electron chi connectivity index (χ4n) is 4.94. The van der Waals surface area contributed by atoms with Crippen LogP contribution < -0.4 is 0 Å². The van der Waals surface area contributed by atoms with Crippen LogP contribution in [0.3, 0.4) is 0 Å². The van der Waals surface area contributed by atoms with Crippen molar-refractivity contribution >= 4 is 17.9 Å². The van der Waals surface area contributed by atoms with Gasteiger partial charge in [0.05, 0.1) is 37.9 Å². The van der Waals surface area contributed by atoms with Crippen molar-refractivity contribution in [2.45, 2.75) is 64.1 Å². The summed E-state index contributed by atoms with van der Waals surface area (Å²) in [7, 11) is 0. The van der Waals surface area contributed by atoms with Gasteiger partial charge in [0.1, 0.15) is 11.4 Å². The monoisotopic (exact) mass is 529 g/mol. The number of piperidine rings is 2. The van der Waals surface area contributed by atoms with Crippen LogP contribution in [-0.2, 0) is 27.1 Å². The minimum absolute atomic E-state index is 0.00863. The van der Waals surface area contributed by atoms with E-state index >= 15 is 0 Å². The van der Waals surface area contributed by atoms with Crippen molar-refractivity contribution in [3.63, 3.8) is 0 Å². The van der Waals surface area contributed by atoms with Gasteiger partial charge in [-0.2, -0.15) is 13.2 Å². The Kier molecular flexibility index (Phi) is 7.42. The van der Waals surface area contributed by atoms with E-state index in [2.05, 4.69) is 0 Å². The molecular formula is C25H31F4N3O5. The van der Waals surface area contributed by atoms with Gasteiger partial charge in [-0.25, -0.2) is 14.0 Å². The summed E-state index contributed by atoms with van der Waals surface area (Å²) < 4.78 is 63.1. The summed E-state index contributed by atoms with van der Waals surface area (Å²) in [4.78, 5) is 42.7. The number of Topliss-reactive ketones (excluding diaryl/α,β-unsaturated/α-hetero) is 1. The predicted molar refractivity (Wildman–Crippen MR) is 123 cm³/mol. The SMILES string of the molecule is CC(C)(C)OC(=O)N1CC(=O)C[C@@H]2CN(C(=O)N3CC(OCc4ccc(C(F)(F)F)cc4F)C3)CC[C@@H]21. The Balaban J connectivity index is 1.26. The molecule has 3 saturated heterocycles. The average Bonchev–Trinajstić information content (AvgIpc) is 2.75. The van der Waals surface area contributed by atoms with Gasteiger partial charge in [0, 0.05) is 37.0 Å². The molecule has 3 aliphatic rings. The Bertz CT molecular complexity index is 1050. The first-order chi connectivity index (χ1) is 17.2. The van der Waals surface area contributed by atoms with Crippen LogP contribution in [0.2, 0.25) is 0 Å². The van der Waals surface area contributed by atoms with Crippen molar-refractivity contribution < 1.29 is 41.4 Å². The summed E-state index contributed by atoms with van der Waals surface area (Å²) in [6, 6.07) is 1.92. The maximum atomic E-state index is 14.0. The second kappa shape index (κ2) is 10.1. The van der Waals surface area contributed by atoms with Gasteiger partial charge in [0.25, 0.3) is 0 Å². The molecule has 0 saturated carbocycles. The number of likely N-dealkylation sites (tertiary alicyclic amines) is 3. The topological polar surface area (TPSA) is 79.4 Å². The van der Waals surface area contributed by atoms with Gasteiger partial charge in [-0.15, -0.1) is 0 Å². The van der Waals surface area contributed by atoms with Crippen molar-refractivity contribution in [2.24, 2.45) is 5.92 Å². The number of carbonyl (C=O) groups is 3. The van der Waals surface area contributed by atoms with E-state index in [1.165, 1.54) is 4.90 Å². The fourth-order valence-corrected chi connectivity index (χ4v) is 4.94. The summed E-state index contributed by atoms with van der Waals surface area (Å²) in [6.07, 6.45) is -4.69. The van der Waals surface area contributed by atoms with Gasteiger partial charge in [0.2, 0.25) is 0 Å². The molecule has 3 amide bonds. The summed E-state index contributed by atoms with van der Waals surface area (Å²) in [5.74, 6) is -1.25. The molecule has 8 nitrogen and oxygen atoms in total. The predicted octanol–water partition coefficient (Wildman–Crippen LogP) is 4.07. The zero-order valence-electron chi connectivity index (χ0n) is 21.0. The molecule has 204 valence electrons. The van der Waals surface area contributed by atoms with Gasteiger partial charge >= 0.3 is 18.3 Å². The number of alkyl halides is 3. The molecule has 3 fully saturated rings. The Labute approximate surface area is 212 Å². The molecule has 3 aliphatic heterocycles. The maximum absolute atomic E-state index is 14.0. The van der Waals surface area contributed by atoms with Crippen LogP contribution in [0.4, 0.5) is 27.2 Å². The molecule has 12 heteroatoms. The van der Waals surface area contributed by atoms with E-state index in [0.717, 1.165) is 12.1 Å². The number of carbonyl (C=O) groups excluding carboxylic acids is 3. The van der Waals surface area contributed by atoms with E-state index in [1.54, 1.807) is 30.6 Å². The Morgan fingerprint density at radius 3 is 2.41 bits per heavy atom. The van der Waals surface area contributed by atoms with Crippen molar-refractivity contribution in [1.29, 1.82) is 0 Å². The van der Waals surface area contributed by atoms with E-state index in [0.29, 0.717) is 25.6 Å². The third-order valence-electron chi connectivity index (χ3n) is 6.80. The summed E-state index contributed by atoms with van der Waals surface area (Å²) in [6.45, 7) is 6.41. The number of hydrogen-bond acceptors (Lipinski definition) is 5. The van der Waals surface area contributed by atoms with E-state index in [-0.39, 0.29) is 68.1 Å². The van der Waals surface area contributed by atoms with Crippen LogP contribution in [0.1, 0.15) is 44.7 Å². The zero-order valence-corrected chi connectivity index (χ0v) is 21.0. The Hall–Kier alpha value is -2.89. The highest BCUT2D eigenvalue weighted by atomic mass is 19.4. The lowest BCUT2D eigenvalue weighted by Crippen LogP contribution is -2.63. The second-order valence-electron chi connectivity index (χ2n) is 10.8. The first kappa shape index (κ1) is 27.2. The molecule has 1 aromatic carbocycles. The van der Waals surface area contributed by atoms with Gasteiger partial charge in [-0.1, -0.05) is 6.07 Å². The van der Waals surface area contributed by atoms with Crippen LogP contribution in [0, 0.1) is 11.7 Å². The van der Waals surface area contributed by atoms with Gasteiger partial charge in [0.15, 0.2) is 5.78 Å². The highest BCUT2D eigenvalue weighted by Gasteiger charge is 2.45. The number of rotatable bonds is 3. The summed E-state index contributed by atoms with van der Waals surface area (Å²) >= 11 is 0. The molecule has 0 spiro atoms. The Morgan fingerprint density at radius 1 is 1.08 bits per heavy atom. The molecule has 4 rings (SSSR count). The number of urea groups is 1. The summed E-state index contributed by atoms with van der Waals surface area (Å²) in [5.41, 5.74) is -1.74. The van der Waals surface area contributed by atoms with Crippen LogP contribution in [0.25, 0.3) is 0 Å². The van der Waals surface area contributed by atoms with Crippen molar-refractivity contribution in [1.82, 2.24) is 14.7 Å². The van der Waals surface area contributed by atoms with Crippen LogP contribution in [-0.4, -0.2) is 83.1 Å². The lowest BCUT2D eigenvalue weighted by atomic mass is 9.83. The minimum Gasteiger partial charge on any atom is -0.444 e. The molecule has 0 N–H and O–H groups in total. The first-order valence-electron chi connectivity index (χ1n) is 12.2. The largest absolute Gasteiger partial charge is 0.444 e. The van der Waals surface area contributed by atoms with Crippen molar-refractivity contribution in [3.8, 4) is 0 Å². The molecule has 37 heavy (non-hydrogen) atoms. The van der Waals surface area contributed by atoms with Gasteiger partial charge in [-0.05, 0) is 39.3 Å². The van der Waals surface area contributed by atoms with E-state index in [9.17, 15) is 31.9 Å². The highest BCUT2D eigenvalue weighted by Crippen LogP contribution is 2.32. The van der Waals surface area contributed by atoms with Crippen LogP contribution in [0.5, 0.6) is 0 Å². The number of hydrogen-bond donors (Lipinski definition) is 0. The molecule has 3 heterocycles. The highest BCUT2D eigenvalue weighted by molar-refractivity contribution is 5.86. The quantitative estimate of drug-likeness (QED) is 0.552. The normalized spacial score (nSPS) is 23.0. The van der Waals surface area contributed by atoms with Crippen molar-refractivity contribution in [2.75, 3.05) is 32.7 Å². The number of fused-ring (bicyclic) bond motifs is 1. The first-order valence-corrected chi connectivity index (χ1v) is 12.2. The lowest BCUT2D eigenvalue weighted by Gasteiger charge is -2.48. The lowest BCUT2D eigenvalue weighted by molar-refractivity contribution is -0.137. The number of ketones is 1. The zero-order chi connectivity index (χ0) is 27.1. The second-order valence-corrected chi connectivity index (χ2v) is 10.8. The fraction of sp³-hybridized carbons (Fsp3) is 0.640. The number of benzene rings is 1. The third kappa shape index (κ3) is 6.34. The molecule has 0 radical (unpaired) electrons. The molecule has 0 aromatic heterocycles. The van der Waals surface area contributed by atoms with Crippen molar-refractivity contribution in [3.05, 3.63) is 35.1 Å².